The van der Waals surface area contributed by atoms with E-state index in [0.717, 1.165) is 6.07 Å². The highest BCUT2D eigenvalue weighted by Crippen LogP contribution is 2.28. The molecule has 0 aliphatic heterocycles. The van der Waals surface area contributed by atoms with Gasteiger partial charge in [0.1, 0.15) is 10.0 Å². The van der Waals surface area contributed by atoms with Gasteiger partial charge in [-0.15, -0.1) is 0 Å². The first-order valence-corrected chi connectivity index (χ1v) is 5.64. The molecule has 1 heterocycles. The summed E-state index contributed by atoms with van der Waals surface area (Å²) in [6.45, 7) is 1.32. The van der Waals surface area contributed by atoms with Crippen molar-refractivity contribution in [2.75, 3.05) is 0 Å². The molecule has 2 N–H and O–H groups in total. The summed E-state index contributed by atoms with van der Waals surface area (Å²) in [7, 11) is -4.06. The summed E-state index contributed by atoms with van der Waals surface area (Å²) in [5.74, 6) is 0. The molecule has 0 spiro atoms. The van der Waals surface area contributed by atoms with Gasteiger partial charge in [0.15, 0.2) is 0 Å². The molecule has 0 aromatic carbocycles. The predicted molar refractivity (Wildman–Crippen MR) is 50.3 cm³/mol. The van der Waals surface area contributed by atoms with Crippen molar-refractivity contribution in [3.05, 3.63) is 22.5 Å². The van der Waals surface area contributed by atoms with Crippen LogP contribution in [0.3, 0.4) is 0 Å². The minimum atomic E-state index is -4.06. The van der Waals surface area contributed by atoms with Crippen molar-refractivity contribution in [2.24, 2.45) is 5.14 Å². The lowest BCUT2D eigenvalue weighted by molar-refractivity contribution is 0.150. The molecule has 1 aromatic heterocycles. The molecule has 0 amide bonds. The van der Waals surface area contributed by atoms with Crippen LogP contribution >= 0.6 is 11.6 Å². The quantitative estimate of drug-likeness (QED) is 0.818. The molecule has 0 saturated carbocycles. The molecular formula is C7H7ClF2N2O2S. The molecule has 0 fully saturated rings. The highest BCUT2D eigenvalue weighted by Gasteiger charge is 2.20. The highest BCUT2D eigenvalue weighted by molar-refractivity contribution is 7.89. The summed E-state index contributed by atoms with van der Waals surface area (Å²) in [4.78, 5) is 3.05. The summed E-state index contributed by atoms with van der Waals surface area (Å²) in [6.07, 6.45) is -2.90. The van der Waals surface area contributed by atoms with Crippen molar-refractivity contribution in [3.8, 4) is 0 Å². The Kier molecular flexibility index (Phi) is 3.27. The van der Waals surface area contributed by atoms with E-state index in [0.29, 0.717) is 0 Å². The number of hydrogen-bond donors (Lipinski definition) is 1. The lowest BCUT2D eigenvalue weighted by atomic mass is 10.2. The summed E-state index contributed by atoms with van der Waals surface area (Å²) in [6, 6.07) is 0.741. The molecule has 1 aromatic rings. The Morgan fingerprint density at radius 1 is 1.53 bits per heavy atom. The molecule has 8 heteroatoms. The van der Waals surface area contributed by atoms with Crippen molar-refractivity contribution >= 4 is 21.6 Å². The molecule has 0 atom stereocenters. The molecule has 0 aliphatic rings. The summed E-state index contributed by atoms with van der Waals surface area (Å²) >= 11 is 5.42. The van der Waals surface area contributed by atoms with Crippen LogP contribution in [0.15, 0.2) is 11.0 Å². The van der Waals surface area contributed by atoms with Gasteiger partial charge in [0.05, 0.1) is 11.3 Å². The number of nitrogens with two attached hydrogens (primary N) is 1. The molecule has 1 rings (SSSR count). The predicted octanol–water partition coefficient (Wildman–Crippen LogP) is 1.63. The van der Waals surface area contributed by atoms with Crippen LogP contribution in [0, 0.1) is 6.92 Å². The number of pyridine rings is 1. The van der Waals surface area contributed by atoms with E-state index in [1.165, 1.54) is 6.92 Å². The Balaban J connectivity index is 3.50. The van der Waals surface area contributed by atoms with Gasteiger partial charge in [0.25, 0.3) is 6.43 Å². The van der Waals surface area contributed by atoms with Crippen LogP contribution in [-0.2, 0) is 10.0 Å². The Morgan fingerprint density at radius 2 is 2.07 bits per heavy atom. The molecule has 0 aliphatic carbocycles. The topological polar surface area (TPSA) is 73.0 Å². The number of aromatic nitrogens is 1. The fourth-order valence-corrected chi connectivity index (χ4v) is 2.03. The Labute approximate surface area is 90.1 Å². The number of nitrogens with zero attached hydrogens (tertiary/aromatic N) is 1. The van der Waals surface area contributed by atoms with E-state index in [1.807, 2.05) is 0 Å². The zero-order valence-corrected chi connectivity index (χ0v) is 9.11. The van der Waals surface area contributed by atoms with Gasteiger partial charge in [-0.25, -0.2) is 27.3 Å². The third kappa shape index (κ3) is 2.61. The average Bonchev–Trinajstić information content (AvgIpc) is 2.00. The maximum atomic E-state index is 12.4. The maximum Gasteiger partial charge on any atom is 0.266 e. The van der Waals surface area contributed by atoms with Crippen molar-refractivity contribution in [2.45, 2.75) is 18.2 Å². The van der Waals surface area contributed by atoms with E-state index in [2.05, 4.69) is 4.98 Å². The van der Waals surface area contributed by atoms with Crippen LogP contribution in [0.2, 0.25) is 5.15 Å². The number of alkyl halides is 2. The van der Waals surface area contributed by atoms with Crippen LogP contribution in [0.25, 0.3) is 0 Å². The maximum absolute atomic E-state index is 12.4. The number of sulfonamides is 1. The second kappa shape index (κ2) is 3.99. The second-order valence-corrected chi connectivity index (χ2v) is 4.69. The molecule has 0 bridgehead atoms. The highest BCUT2D eigenvalue weighted by atomic mass is 35.5. The van der Waals surface area contributed by atoms with Gasteiger partial charge in [-0.3, -0.25) is 0 Å². The van der Waals surface area contributed by atoms with Crippen LogP contribution in [0.1, 0.15) is 17.7 Å². The molecule has 0 radical (unpaired) electrons. The molecule has 84 valence electrons. The second-order valence-electron chi connectivity index (χ2n) is 2.80. The van der Waals surface area contributed by atoms with E-state index >= 15 is 0 Å². The van der Waals surface area contributed by atoms with E-state index in [-0.39, 0.29) is 5.69 Å². The first kappa shape index (κ1) is 12.3. The van der Waals surface area contributed by atoms with Gasteiger partial charge < -0.3 is 0 Å². The summed E-state index contributed by atoms with van der Waals surface area (Å²) in [5.41, 5.74) is -0.654. The third-order valence-electron chi connectivity index (χ3n) is 1.69. The van der Waals surface area contributed by atoms with Crippen molar-refractivity contribution in [1.29, 1.82) is 0 Å². The average molecular weight is 257 g/mol. The fraction of sp³-hybridized carbons (Fsp3) is 0.286. The molecule has 0 saturated heterocycles. The third-order valence-corrected chi connectivity index (χ3v) is 3.02. The Bertz CT molecular complexity index is 490. The summed E-state index contributed by atoms with van der Waals surface area (Å²) < 4.78 is 46.7. The molecule has 15 heavy (non-hydrogen) atoms. The van der Waals surface area contributed by atoms with Crippen LogP contribution in [-0.4, -0.2) is 13.4 Å². The lowest BCUT2D eigenvalue weighted by Crippen LogP contribution is -2.15. The first-order chi connectivity index (χ1) is 6.73. The largest absolute Gasteiger partial charge is 0.266 e. The number of halogens is 3. The monoisotopic (exact) mass is 256 g/mol. The van der Waals surface area contributed by atoms with Gasteiger partial charge in [0, 0.05) is 0 Å². The van der Waals surface area contributed by atoms with Gasteiger partial charge in [0.2, 0.25) is 10.0 Å². The lowest BCUT2D eigenvalue weighted by Gasteiger charge is -2.07. The fourth-order valence-electron chi connectivity index (χ4n) is 1.01. The van der Waals surface area contributed by atoms with Gasteiger partial charge in [-0.1, -0.05) is 11.6 Å². The summed E-state index contributed by atoms with van der Waals surface area (Å²) in [5, 5.41) is 4.40. The van der Waals surface area contributed by atoms with Crippen molar-refractivity contribution in [3.63, 3.8) is 0 Å². The smallest absolute Gasteiger partial charge is 0.240 e. The van der Waals surface area contributed by atoms with Gasteiger partial charge >= 0.3 is 0 Å². The van der Waals surface area contributed by atoms with Crippen LogP contribution < -0.4 is 5.14 Å². The first-order valence-electron chi connectivity index (χ1n) is 3.71. The zero-order valence-electron chi connectivity index (χ0n) is 7.54. The SMILES string of the molecule is Cc1nc(Cl)c(C(F)F)cc1S(N)(=O)=O. The molecule has 4 nitrogen and oxygen atoms in total. The van der Waals surface area contributed by atoms with E-state index < -0.39 is 32.1 Å². The van der Waals surface area contributed by atoms with Crippen molar-refractivity contribution in [1.82, 2.24) is 4.98 Å². The number of hydrogen-bond acceptors (Lipinski definition) is 3. The van der Waals surface area contributed by atoms with E-state index in [4.69, 9.17) is 16.7 Å². The van der Waals surface area contributed by atoms with Gasteiger partial charge in [-0.2, -0.15) is 0 Å². The molecule has 0 unspecified atom stereocenters. The Morgan fingerprint density at radius 3 is 2.47 bits per heavy atom. The normalized spacial score (nSPS) is 12.1. The number of primary sulfonamides is 1. The van der Waals surface area contributed by atoms with Gasteiger partial charge in [-0.05, 0) is 13.0 Å². The zero-order chi connectivity index (χ0) is 11.8. The standard InChI is InChI=1S/C7H7ClF2N2O2S/c1-3-5(15(11,13)14)2-4(7(9)10)6(8)12-3/h2,7H,1H3,(H2,11,13,14). The van der Waals surface area contributed by atoms with Crippen LogP contribution in [0.4, 0.5) is 8.78 Å². The minimum Gasteiger partial charge on any atom is -0.240 e. The Hall–Kier alpha value is -0.790. The molecular weight excluding hydrogens is 250 g/mol. The number of aryl methyl sites for hydroxylation is 1. The van der Waals surface area contributed by atoms with Crippen molar-refractivity contribution < 1.29 is 17.2 Å². The van der Waals surface area contributed by atoms with E-state index in [9.17, 15) is 17.2 Å². The number of rotatable bonds is 2. The van der Waals surface area contributed by atoms with E-state index in [1.54, 1.807) is 0 Å². The minimum absolute atomic E-state index is 0.00750. The van der Waals surface area contributed by atoms with Crippen LogP contribution in [0.5, 0.6) is 0 Å².